The number of carbonyl (C=O) groups is 1. The van der Waals surface area contributed by atoms with Gasteiger partial charge in [-0.05, 0) is 38.8 Å². The minimum absolute atomic E-state index is 0.0625. The molecule has 0 unspecified atom stereocenters. The van der Waals surface area contributed by atoms with E-state index in [2.05, 4.69) is 15.9 Å². The molecule has 0 radical (unpaired) electrons. The fourth-order valence-electron chi connectivity index (χ4n) is 2.29. The van der Waals surface area contributed by atoms with Crippen LogP contribution in [0, 0.1) is 11.6 Å². The Kier molecular flexibility index (Phi) is 3.55. The van der Waals surface area contributed by atoms with Crippen molar-refractivity contribution in [1.29, 1.82) is 0 Å². The van der Waals surface area contributed by atoms with Crippen LogP contribution >= 0.6 is 15.9 Å². The van der Waals surface area contributed by atoms with E-state index in [-0.39, 0.29) is 10.0 Å². The number of hydrogen-bond acceptors (Lipinski definition) is 1. The van der Waals surface area contributed by atoms with Gasteiger partial charge < -0.3 is 0 Å². The molecule has 21 heavy (non-hydrogen) atoms. The highest BCUT2D eigenvalue weighted by molar-refractivity contribution is 9.10. The number of hydrogen-bond donors (Lipinski definition) is 0. The van der Waals surface area contributed by atoms with Crippen molar-refractivity contribution in [2.45, 2.75) is 0 Å². The molecule has 4 heteroatoms. The quantitative estimate of drug-likeness (QED) is 0.465. The zero-order chi connectivity index (χ0) is 15.0. The molecule has 0 heterocycles. The van der Waals surface area contributed by atoms with Crippen molar-refractivity contribution in [2.75, 3.05) is 0 Å². The summed E-state index contributed by atoms with van der Waals surface area (Å²) >= 11 is 2.98. The third kappa shape index (κ3) is 2.36. The SMILES string of the molecule is O=C(c1c(F)ccc(Br)c1F)c1cccc2ccccc12. The van der Waals surface area contributed by atoms with Gasteiger partial charge in [-0.25, -0.2) is 8.78 Å². The zero-order valence-corrected chi connectivity index (χ0v) is 12.3. The molecule has 0 aliphatic carbocycles. The number of ketones is 1. The maximum absolute atomic E-state index is 14.1. The van der Waals surface area contributed by atoms with E-state index >= 15 is 0 Å². The molecule has 0 aliphatic heterocycles. The highest BCUT2D eigenvalue weighted by atomic mass is 79.9. The summed E-state index contributed by atoms with van der Waals surface area (Å²) in [4.78, 5) is 12.6. The Morgan fingerprint density at radius 3 is 2.43 bits per heavy atom. The minimum Gasteiger partial charge on any atom is -0.288 e. The molecule has 1 nitrogen and oxygen atoms in total. The average molecular weight is 347 g/mol. The number of rotatable bonds is 2. The molecule has 0 bridgehead atoms. The highest BCUT2D eigenvalue weighted by Crippen LogP contribution is 2.27. The maximum Gasteiger partial charge on any atom is 0.199 e. The molecule has 0 fully saturated rings. The zero-order valence-electron chi connectivity index (χ0n) is 10.7. The lowest BCUT2D eigenvalue weighted by molar-refractivity contribution is 0.103. The van der Waals surface area contributed by atoms with Gasteiger partial charge in [-0.15, -0.1) is 0 Å². The van der Waals surface area contributed by atoms with Crippen LogP contribution in [-0.2, 0) is 0 Å². The molecular formula is C17H9BrF2O. The Labute approximate surface area is 128 Å². The molecule has 0 spiro atoms. The Bertz CT molecular complexity index is 853. The standard InChI is InChI=1S/C17H9BrF2O/c18-13-8-9-14(19)15(16(13)20)17(21)12-7-3-5-10-4-1-2-6-11(10)12/h1-9H. The van der Waals surface area contributed by atoms with E-state index in [0.29, 0.717) is 5.39 Å². The van der Waals surface area contributed by atoms with Crippen molar-refractivity contribution in [3.8, 4) is 0 Å². The Morgan fingerprint density at radius 1 is 0.905 bits per heavy atom. The molecule has 3 aromatic rings. The fourth-order valence-corrected chi connectivity index (χ4v) is 2.62. The number of halogens is 3. The van der Waals surface area contributed by atoms with E-state index in [4.69, 9.17) is 0 Å². The lowest BCUT2D eigenvalue weighted by atomic mass is 9.97. The molecule has 0 aromatic heterocycles. The molecule has 0 aliphatic rings. The van der Waals surface area contributed by atoms with Crippen LogP contribution in [0.1, 0.15) is 15.9 Å². The van der Waals surface area contributed by atoms with Crippen LogP contribution in [0.4, 0.5) is 8.78 Å². The van der Waals surface area contributed by atoms with E-state index in [1.165, 1.54) is 6.07 Å². The third-order valence-electron chi connectivity index (χ3n) is 3.31. The number of carbonyl (C=O) groups excluding carboxylic acids is 1. The summed E-state index contributed by atoms with van der Waals surface area (Å²) < 4.78 is 28.0. The summed E-state index contributed by atoms with van der Waals surface area (Å²) in [6, 6.07) is 14.7. The monoisotopic (exact) mass is 346 g/mol. The normalized spacial score (nSPS) is 10.8. The number of fused-ring (bicyclic) bond motifs is 1. The first kappa shape index (κ1) is 13.9. The molecule has 3 rings (SSSR count). The van der Waals surface area contributed by atoms with E-state index in [1.54, 1.807) is 24.3 Å². The van der Waals surface area contributed by atoms with E-state index in [9.17, 15) is 13.6 Å². The summed E-state index contributed by atoms with van der Waals surface area (Å²) in [5.41, 5.74) is -0.260. The summed E-state index contributed by atoms with van der Waals surface area (Å²) in [7, 11) is 0. The molecule has 0 saturated heterocycles. The van der Waals surface area contributed by atoms with Gasteiger partial charge in [0.15, 0.2) is 11.6 Å². The molecule has 0 amide bonds. The lowest BCUT2D eigenvalue weighted by Gasteiger charge is -2.08. The van der Waals surface area contributed by atoms with Crippen LogP contribution < -0.4 is 0 Å². The van der Waals surface area contributed by atoms with Crippen LogP contribution in [-0.4, -0.2) is 5.78 Å². The van der Waals surface area contributed by atoms with E-state index in [0.717, 1.165) is 11.5 Å². The summed E-state index contributed by atoms with van der Waals surface area (Å²) in [5.74, 6) is -2.41. The second-order valence-electron chi connectivity index (χ2n) is 4.57. The Morgan fingerprint density at radius 2 is 1.62 bits per heavy atom. The van der Waals surface area contributed by atoms with Crippen molar-refractivity contribution in [3.05, 3.63) is 81.8 Å². The number of benzene rings is 3. The van der Waals surface area contributed by atoms with Crippen LogP contribution in [0.5, 0.6) is 0 Å². The van der Waals surface area contributed by atoms with Crippen molar-refractivity contribution in [2.24, 2.45) is 0 Å². The van der Waals surface area contributed by atoms with Gasteiger partial charge in [-0.2, -0.15) is 0 Å². The molecule has 0 atom stereocenters. The maximum atomic E-state index is 14.1. The van der Waals surface area contributed by atoms with Crippen molar-refractivity contribution >= 4 is 32.5 Å². The molecule has 104 valence electrons. The second-order valence-corrected chi connectivity index (χ2v) is 5.43. The lowest BCUT2D eigenvalue weighted by Crippen LogP contribution is -2.08. The van der Waals surface area contributed by atoms with Crippen LogP contribution in [0.3, 0.4) is 0 Å². The van der Waals surface area contributed by atoms with Gasteiger partial charge in [0, 0.05) is 5.56 Å². The van der Waals surface area contributed by atoms with Gasteiger partial charge in [0.2, 0.25) is 0 Å². The molecule has 3 aromatic carbocycles. The van der Waals surface area contributed by atoms with E-state index in [1.807, 2.05) is 18.2 Å². The highest BCUT2D eigenvalue weighted by Gasteiger charge is 2.22. The van der Waals surface area contributed by atoms with Crippen LogP contribution in [0.2, 0.25) is 0 Å². The first-order valence-corrected chi connectivity index (χ1v) is 7.05. The molecule has 0 N–H and O–H groups in total. The first-order valence-electron chi connectivity index (χ1n) is 6.25. The predicted molar refractivity (Wildman–Crippen MR) is 81.4 cm³/mol. The van der Waals surface area contributed by atoms with Crippen LogP contribution in [0.15, 0.2) is 59.1 Å². The first-order chi connectivity index (χ1) is 10.1. The Balaban J connectivity index is 2.25. The summed E-state index contributed by atoms with van der Waals surface area (Å²) in [6.07, 6.45) is 0. The van der Waals surface area contributed by atoms with Gasteiger partial charge in [-0.1, -0.05) is 42.5 Å². The smallest absolute Gasteiger partial charge is 0.199 e. The summed E-state index contributed by atoms with van der Waals surface area (Å²) in [6.45, 7) is 0. The van der Waals surface area contributed by atoms with Crippen molar-refractivity contribution in [3.63, 3.8) is 0 Å². The molecule has 0 saturated carbocycles. The third-order valence-corrected chi connectivity index (χ3v) is 3.92. The second kappa shape index (κ2) is 5.37. The van der Waals surface area contributed by atoms with Gasteiger partial charge in [-0.3, -0.25) is 4.79 Å². The summed E-state index contributed by atoms with van der Waals surface area (Å²) in [5, 5.41) is 1.52. The average Bonchev–Trinajstić information content (AvgIpc) is 2.50. The van der Waals surface area contributed by atoms with Gasteiger partial charge in [0.1, 0.15) is 5.82 Å². The van der Waals surface area contributed by atoms with Crippen LogP contribution in [0.25, 0.3) is 10.8 Å². The Hall–Kier alpha value is -2.07. The fraction of sp³-hybridized carbons (Fsp3) is 0. The van der Waals surface area contributed by atoms with Gasteiger partial charge >= 0.3 is 0 Å². The predicted octanol–water partition coefficient (Wildman–Crippen LogP) is 5.11. The van der Waals surface area contributed by atoms with Gasteiger partial charge in [0.25, 0.3) is 0 Å². The van der Waals surface area contributed by atoms with Crippen molar-refractivity contribution < 1.29 is 13.6 Å². The van der Waals surface area contributed by atoms with E-state index < -0.39 is 23.0 Å². The molecular weight excluding hydrogens is 338 g/mol. The van der Waals surface area contributed by atoms with Gasteiger partial charge in [0.05, 0.1) is 10.0 Å². The minimum atomic E-state index is -0.882. The largest absolute Gasteiger partial charge is 0.288 e. The van der Waals surface area contributed by atoms with Crippen molar-refractivity contribution in [1.82, 2.24) is 0 Å². The topological polar surface area (TPSA) is 17.1 Å².